The largest absolute Gasteiger partial charge is 0.464 e. The molecule has 1 fully saturated rings. The van der Waals surface area contributed by atoms with Crippen molar-refractivity contribution in [2.75, 3.05) is 6.61 Å². The van der Waals surface area contributed by atoms with Crippen molar-refractivity contribution in [3.63, 3.8) is 0 Å². The molecular weight excluding hydrogens is 170 g/mol. The second kappa shape index (κ2) is 3.60. The van der Waals surface area contributed by atoms with Gasteiger partial charge in [0.1, 0.15) is 6.04 Å². The Kier molecular flexibility index (Phi) is 2.70. The third kappa shape index (κ3) is 2.08. The lowest BCUT2D eigenvalue weighted by atomic mass is 10.1. The van der Waals surface area contributed by atoms with Crippen molar-refractivity contribution in [1.29, 1.82) is 0 Å². The first-order valence-electron chi connectivity index (χ1n) is 4.15. The number of carbonyl (C=O) groups is 2. The molecule has 4 heteroatoms. The van der Waals surface area contributed by atoms with Crippen LogP contribution in [-0.2, 0) is 14.3 Å². The van der Waals surface area contributed by atoms with Crippen molar-refractivity contribution < 1.29 is 14.3 Å². The number of nitrogens with one attached hydrogen (secondary N) is 1. The van der Waals surface area contributed by atoms with Crippen molar-refractivity contribution in [2.45, 2.75) is 19.9 Å². The maximum Gasteiger partial charge on any atom is 0.329 e. The van der Waals surface area contributed by atoms with E-state index in [1.165, 1.54) is 0 Å². The van der Waals surface area contributed by atoms with E-state index in [2.05, 4.69) is 11.9 Å². The van der Waals surface area contributed by atoms with Crippen LogP contribution in [0.4, 0.5) is 0 Å². The van der Waals surface area contributed by atoms with Crippen LogP contribution in [0.1, 0.15) is 13.8 Å². The molecule has 2 unspecified atom stereocenters. The van der Waals surface area contributed by atoms with Crippen LogP contribution in [0.25, 0.3) is 0 Å². The van der Waals surface area contributed by atoms with Gasteiger partial charge in [0.15, 0.2) is 0 Å². The van der Waals surface area contributed by atoms with Gasteiger partial charge in [-0.3, -0.25) is 4.79 Å². The molecule has 0 spiro atoms. The minimum Gasteiger partial charge on any atom is -0.464 e. The first-order valence-corrected chi connectivity index (χ1v) is 4.15. The Hall–Kier alpha value is -1.32. The van der Waals surface area contributed by atoms with Gasteiger partial charge in [-0.2, -0.15) is 0 Å². The third-order valence-electron chi connectivity index (χ3n) is 1.99. The Balaban J connectivity index is 2.57. The molecule has 72 valence electrons. The summed E-state index contributed by atoms with van der Waals surface area (Å²) < 4.78 is 4.78. The molecule has 1 amide bonds. The van der Waals surface area contributed by atoms with Crippen molar-refractivity contribution >= 4 is 11.9 Å². The Morgan fingerprint density at radius 1 is 1.69 bits per heavy atom. The lowest BCUT2D eigenvalue weighted by Crippen LogP contribution is -2.41. The summed E-state index contributed by atoms with van der Waals surface area (Å²) in [5, 5.41) is 2.56. The number of ether oxygens (including phenoxy) is 1. The summed E-state index contributed by atoms with van der Waals surface area (Å²) in [5.74, 6) is -0.617. The summed E-state index contributed by atoms with van der Waals surface area (Å²) in [6.07, 6.45) is 0. The number of rotatable bonds is 2. The standard InChI is InChI=1S/C9H13NO3/c1-5(2)8(11)10-7-6(3)4-13-9(7)12/h6-7H,1,4H2,2-3H3,(H,10,11). The van der Waals surface area contributed by atoms with E-state index in [1.54, 1.807) is 6.92 Å². The summed E-state index contributed by atoms with van der Waals surface area (Å²) in [6.45, 7) is 7.31. The van der Waals surface area contributed by atoms with Gasteiger partial charge in [-0.15, -0.1) is 0 Å². The zero-order chi connectivity index (χ0) is 10.0. The Morgan fingerprint density at radius 2 is 2.31 bits per heavy atom. The zero-order valence-electron chi connectivity index (χ0n) is 7.79. The van der Waals surface area contributed by atoms with Crippen LogP contribution >= 0.6 is 0 Å². The highest BCUT2D eigenvalue weighted by molar-refractivity contribution is 5.95. The average molecular weight is 183 g/mol. The van der Waals surface area contributed by atoms with E-state index < -0.39 is 6.04 Å². The molecule has 1 aliphatic rings. The number of cyclic esters (lactones) is 1. The van der Waals surface area contributed by atoms with E-state index >= 15 is 0 Å². The number of hydrogen-bond donors (Lipinski definition) is 1. The molecule has 1 N–H and O–H groups in total. The predicted octanol–water partition coefficient (Wildman–Crippen LogP) is 0.240. The molecule has 13 heavy (non-hydrogen) atoms. The van der Waals surface area contributed by atoms with Crippen LogP contribution in [0.5, 0.6) is 0 Å². The van der Waals surface area contributed by atoms with E-state index in [0.29, 0.717) is 12.2 Å². The molecule has 0 saturated carbocycles. The van der Waals surface area contributed by atoms with Crippen molar-refractivity contribution in [3.8, 4) is 0 Å². The van der Waals surface area contributed by atoms with Crippen LogP contribution in [0, 0.1) is 5.92 Å². The molecule has 0 bridgehead atoms. The molecule has 0 aromatic heterocycles. The first-order chi connectivity index (χ1) is 6.02. The number of amides is 1. The molecular formula is C9H13NO3. The average Bonchev–Trinajstić information content (AvgIpc) is 2.35. The fourth-order valence-corrected chi connectivity index (χ4v) is 1.10. The lowest BCUT2D eigenvalue weighted by molar-refractivity contribution is -0.141. The fourth-order valence-electron chi connectivity index (χ4n) is 1.10. The van der Waals surface area contributed by atoms with Gasteiger partial charge in [-0.05, 0) is 6.92 Å². The van der Waals surface area contributed by atoms with Crippen LogP contribution in [-0.4, -0.2) is 24.5 Å². The van der Waals surface area contributed by atoms with Crippen LogP contribution < -0.4 is 5.32 Å². The van der Waals surface area contributed by atoms with Crippen LogP contribution in [0.15, 0.2) is 12.2 Å². The molecule has 1 aliphatic heterocycles. The second-order valence-electron chi connectivity index (χ2n) is 3.34. The zero-order valence-corrected chi connectivity index (χ0v) is 7.79. The molecule has 1 rings (SSSR count). The van der Waals surface area contributed by atoms with Crippen molar-refractivity contribution in [2.24, 2.45) is 5.92 Å². The number of hydrogen-bond acceptors (Lipinski definition) is 3. The number of esters is 1. The van der Waals surface area contributed by atoms with Gasteiger partial charge in [-0.1, -0.05) is 13.5 Å². The van der Waals surface area contributed by atoms with Gasteiger partial charge in [0, 0.05) is 11.5 Å². The SMILES string of the molecule is C=C(C)C(=O)NC1C(=O)OCC1C. The molecule has 1 heterocycles. The Bertz CT molecular complexity index is 260. The monoisotopic (exact) mass is 183 g/mol. The van der Waals surface area contributed by atoms with Gasteiger partial charge in [0.05, 0.1) is 6.61 Å². The van der Waals surface area contributed by atoms with E-state index in [1.807, 2.05) is 6.92 Å². The van der Waals surface area contributed by atoms with Crippen LogP contribution in [0.3, 0.4) is 0 Å². The predicted molar refractivity (Wildman–Crippen MR) is 46.9 cm³/mol. The molecule has 0 aromatic rings. The topological polar surface area (TPSA) is 55.4 Å². The highest BCUT2D eigenvalue weighted by Gasteiger charge is 2.34. The second-order valence-corrected chi connectivity index (χ2v) is 3.34. The minimum absolute atomic E-state index is 0.0378. The fraction of sp³-hybridized carbons (Fsp3) is 0.556. The molecule has 0 aliphatic carbocycles. The Morgan fingerprint density at radius 3 is 2.69 bits per heavy atom. The van der Waals surface area contributed by atoms with E-state index in [0.717, 1.165) is 0 Å². The van der Waals surface area contributed by atoms with Gasteiger partial charge in [-0.25, -0.2) is 4.79 Å². The summed E-state index contributed by atoms with van der Waals surface area (Å²) in [4.78, 5) is 22.2. The van der Waals surface area contributed by atoms with Gasteiger partial charge >= 0.3 is 5.97 Å². The summed E-state index contributed by atoms with van der Waals surface area (Å²) in [6, 6.07) is -0.510. The van der Waals surface area contributed by atoms with E-state index in [9.17, 15) is 9.59 Å². The third-order valence-corrected chi connectivity index (χ3v) is 1.99. The van der Waals surface area contributed by atoms with Crippen molar-refractivity contribution in [1.82, 2.24) is 5.32 Å². The first kappa shape index (κ1) is 9.77. The molecule has 0 aromatic carbocycles. The Labute approximate surface area is 76.9 Å². The van der Waals surface area contributed by atoms with E-state index in [4.69, 9.17) is 4.74 Å². The summed E-state index contributed by atoms with van der Waals surface area (Å²) >= 11 is 0. The normalized spacial score (nSPS) is 26.8. The maximum absolute atomic E-state index is 11.2. The molecule has 1 saturated heterocycles. The highest BCUT2D eigenvalue weighted by atomic mass is 16.5. The van der Waals surface area contributed by atoms with Gasteiger partial charge in [0.2, 0.25) is 5.91 Å². The minimum atomic E-state index is -0.510. The van der Waals surface area contributed by atoms with Crippen molar-refractivity contribution in [3.05, 3.63) is 12.2 Å². The van der Waals surface area contributed by atoms with Gasteiger partial charge in [0.25, 0.3) is 0 Å². The van der Waals surface area contributed by atoms with Crippen LogP contribution in [0.2, 0.25) is 0 Å². The number of carbonyl (C=O) groups excluding carboxylic acids is 2. The summed E-state index contributed by atoms with van der Waals surface area (Å²) in [5.41, 5.74) is 0.395. The smallest absolute Gasteiger partial charge is 0.329 e. The molecule has 0 radical (unpaired) electrons. The maximum atomic E-state index is 11.2. The van der Waals surface area contributed by atoms with Gasteiger partial charge < -0.3 is 10.1 Å². The quantitative estimate of drug-likeness (QED) is 0.493. The van der Waals surface area contributed by atoms with E-state index in [-0.39, 0.29) is 17.8 Å². The lowest BCUT2D eigenvalue weighted by Gasteiger charge is -2.12. The summed E-state index contributed by atoms with van der Waals surface area (Å²) in [7, 11) is 0. The molecule has 4 nitrogen and oxygen atoms in total. The molecule has 2 atom stereocenters. The highest BCUT2D eigenvalue weighted by Crippen LogP contribution is 2.14.